The number of hydrogen-bond donors (Lipinski definition) is 2. The number of likely N-dealkylation sites (N-methyl/N-ethyl adjacent to an activating group) is 1. The minimum atomic E-state index is -4.78. The molecule has 2 N–H and O–H groups in total. The predicted octanol–water partition coefficient (Wildman–Crippen LogP) is 3.25. The largest absolute Gasteiger partial charge is 0.481 e. The lowest BCUT2D eigenvalue weighted by Crippen LogP contribution is -2.61. The van der Waals surface area contributed by atoms with Crippen LogP contribution >= 0.6 is 0 Å². The van der Waals surface area contributed by atoms with E-state index in [4.69, 9.17) is 4.74 Å². The molecule has 2 aliphatic heterocycles. The monoisotopic (exact) mass is 595 g/mol. The van der Waals surface area contributed by atoms with Crippen LogP contribution in [-0.2, 0) is 17.5 Å². The van der Waals surface area contributed by atoms with Crippen molar-refractivity contribution in [3.05, 3.63) is 59.0 Å². The van der Waals surface area contributed by atoms with Crippen molar-refractivity contribution in [2.45, 2.75) is 57.2 Å². The Morgan fingerprint density at radius 3 is 2.45 bits per heavy atom. The summed E-state index contributed by atoms with van der Waals surface area (Å²) in [4.78, 5) is 47.9. The maximum atomic E-state index is 14.3. The van der Waals surface area contributed by atoms with Gasteiger partial charge in [0.2, 0.25) is 11.8 Å². The first-order valence-corrected chi connectivity index (χ1v) is 13.4. The van der Waals surface area contributed by atoms with Gasteiger partial charge in [0.25, 0.3) is 5.91 Å². The number of ether oxygens (including phenoxy) is 1. The molecule has 1 aromatic heterocycles. The number of rotatable bonds is 7. The van der Waals surface area contributed by atoms with Gasteiger partial charge in [0.05, 0.1) is 23.8 Å². The van der Waals surface area contributed by atoms with Crippen LogP contribution < -0.4 is 10.1 Å². The molecule has 2 fully saturated rings. The van der Waals surface area contributed by atoms with Crippen LogP contribution in [0.2, 0.25) is 0 Å². The van der Waals surface area contributed by atoms with Gasteiger partial charge in [0.15, 0.2) is 6.23 Å². The van der Waals surface area contributed by atoms with Gasteiger partial charge in [-0.3, -0.25) is 14.5 Å². The van der Waals surface area contributed by atoms with Gasteiger partial charge in [-0.2, -0.15) is 13.2 Å². The number of benzene rings is 1. The highest BCUT2D eigenvalue weighted by Crippen LogP contribution is 2.41. The van der Waals surface area contributed by atoms with Crippen molar-refractivity contribution in [3.63, 3.8) is 0 Å². The number of nitrogens with one attached hydrogen (secondary N) is 1. The molecule has 0 bridgehead atoms. The van der Waals surface area contributed by atoms with E-state index >= 15 is 0 Å². The van der Waals surface area contributed by atoms with Crippen LogP contribution in [0.3, 0.4) is 0 Å². The van der Waals surface area contributed by atoms with Gasteiger partial charge in [-0.15, -0.1) is 0 Å². The first kappa shape index (κ1) is 31.0. The second-order valence-electron chi connectivity index (χ2n) is 10.9. The van der Waals surface area contributed by atoms with Crippen molar-refractivity contribution in [3.8, 4) is 5.88 Å². The van der Waals surface area contributed by atoms with Gasteiger partial charge in [0.1, 0.15) is 11.9 Å². The van der Waals surface area contributed by atoms with E-state index in [9.17, 15) is 37.1 Å². The van der Waals surface area contributed by atoms with E-state index in [0.29, 0.717) is 24.1 Å². The van der Waals surface area contributed by atoms with E-state index in [1.54, 1.807) is 37.1 Å². The molecule has 4 amide bonds. The summed E-state index contributed by atoms with van der Waals surface area (Å²) in [6.45, 7) is 3.72. The number of aromatic nitrogens is 1. The van der Waals surface area contributed by atoms with Crippen LogP contribution in [0.5, 0.6) is 5.88 Å². The molecule has 2 saturated heterocycles. The first-order valence-electron chi connectivity index (χ1n) is 13.4. The summed E-state index contributed by atoms with van der Waals surface area (Å²) in [5.74, 6) is -2.90. The predicted molar refractivity (Wildman–Crippen MR) is 142 cm³/mol. The number of pyridine rings is 1. The van der Waals surface area contributed by atoms with E-state index in [1.807, 2.05) is 0 Å². The summed E-state index contributed by atoms with van der Waals surface area (Å²) in [6.07, 6.45) is -3.93. The fourth-order valence-corrected chi connectivity index (χ4v) is 5.50. The molecule has 0 aliphatic carbocycles. The minimum Gasteiger partial charge on any atom is -0.481 e. The van der Waals surface area contributed by atoms with E-state index in [-0.39, 0.29) is 38.5 Å². The Balaban J connectivity index is 1.50. The number of carbonyl (C=O) groups excluding carboxylic acids is 3. The number of piperidine rings is 1. The number of methoxy groups -OCH3 is 1. The van der Waals surface area contributed by atoms with Crippen molar-refractivity contribution in [1.82, 2.24) is 25.0 Å². The molecule has 1 unspecified atom stereocenters. The molecule has 0 radical (unpaired) electrons. The summed E-state index contributed by atoms with van der Waals surface area (Å²) < 4.78 is 58.9. The zero-order chi connectivity index (χ0) is 31.0. The van der Waals surface area contributed by atoms with Crippen LogP contribution in [0.1, 0.15) is 48.2 Å². The van der Waals surface area contributed by atoms with Crippen molar-refractivity contribution >= 4 is 17.8 Å². The number of nitrogens with zero attached hydrogens (tertiary/aromatic N) is 4. The molecule has 42 heavy (non-hydrogen) atoms. The number of amides is 4. The van der Waals surface area contributed by atoms with Crippen LogP contribution in [-0.4, -0.2) is 87.7 Å². The van der Waals surface area contributed by atoms with Crippen LogP contribution in [0, 0.1) is 11.7 Å². The second kappa shape index (κ2) is 11.7. The van der Waals surface area contributed by atoms with Gasteiger partial charge in [0, 0.05) is 38.9 Å². The third kappa shape index (κ3) is 5.85. The third-order valence-electron chi connectivity index (χ3n) is 7.97. The first-order chi connectivity index (χ1) is 19.7. The van der Waals surface area contributed by atoms with Crippen LogP contribution in [0.4, 0.5) is 22.4 Å². The van der Waals surface area contributed by atoms with Gasteiger partial charge in [-0.1, -0.05) is 13.8 Å². The molecular weight excluding hydrogens is 562 g/mol. The SMILES string of the molecule is COc1cc(CN2C(=O)N(C)C(O)C23CCN(C(=O)[C@H](NC(=O)c2cc(C(F)(F)F)ccc2F)C(C)C)CC3)ccn1. The molecular formula is C28H33F4N5O5. The van der Waals surface area contributed by atoms with E-state index in [0.717, 1.165) is 5.56 Å². The number of alkyl halides is 3. The van der Waals surface area contributed by atoms with Crippen LogP contribution in [0.25, 0.3) is 0 Å². The molecule has 10 nitrogen and oxygen atoms in total. The fraction of sp³-hybridized carbons (Fsp3) is 0.500. The number of halogens is 4. The number of aliphatic hydroxyl groups is 1. The topological polar surface area (TPSA) is 115 Å². The Morgan fingerprint density at radius 2 is 1.86 bits per heavy atom. The third-order valence-corrected chi connectivity index (χ3v) is 7.97. The molecule has 2 aliphatic rings. The van der Waals surface area contributed by atoms with Gasteiger partial charge >= 0.3 is 12.2 Å². The van der Waals surface area contributed by atoms with E-state index < -0.39 is 58.7 Å². The number of aliphatic hydroxyl groups excluding tert-OH is 1. The number of hydrogen-bond acceptors (Lipinski definition) is 6. The Morgan fingerprint density at radius 1 is 1.19 bits per heavy atom. The molecule has 4 rings (SSSR count). The summed E-state index contributed by atoms with van der Waals surface area (Å²) in [5.41, 5.74) is -2.27. The minimum absolute atomic E-state index is 0.129. The molecule has 228 valence electrons. The maximum Gasteiger partial charge on any atom is 0.416 e. The quantitative estimate of drug-likeness (QED) is 0.475. The molecule has 1 aromatic carbocycles. The Bertz CT molecular complexity index is 1350. The summed E-state index contributed by atoms with van der Waals surface area (Å²) >= 11 is 0. The van der Waals surface area contributed by atoms with E-state index in [1.165, 1.54) is 24.0 Å². The highest BCUT2D eigenvalue weighted by atomic mass is 19.4. The van der Waals surface area contributed by atoms with Crippen LogP contribution in [0.15, 0.2) is 36.5 Å². The molecule has 14 heteroatoms. The van der Waals surface area contributed by atoms with Gasteiger partial charge in [-0.05, 0) is 48.6 Å². The van der Waals surface area contributed by atoms with Crippen molar-refractivity contribution < 1.29 is 41.8 Å². The van der Waals surface area contributed by atoms with Gasteiger partial charge in [-0.25, -0.2) is 14.2 Å². The molecule has 1 spiro atoms. The molecule has 2 atom stereocenters. The highest BCUT2D eigenvalue weighted by Gasteiger charge is 2.57. The zero-order valence-corrected chi connectivity index (χ0v) is 23.6. The molecule has 2 aromatic rings. The maximum absolute atomic E-state index is 14.3. The summed E-state index contributed by atoms with van der Waals surface area (Å²) in [6, 6.07) is 3.40. The normalized spacial score (nSPS) is 19.4. The second-order valence-corrected chi connectivity index (χ2v) is 10.9. The number of likely N-dealkylation sites (tertiary alicyclic amines) is 1. The Labute approximate surface area is 240 Å². The molecule has 0 saturated carbocycles. The van der Waals surface area contributed by atoms with Crippen molar-refractivity contribution in [1.29, 1.82) is 0 Å². The Hall–Kier alpha value is -3.94. The fourth-order valence-electron chi connectivity index (χ4n) is 5.50. The lowest BCUT2D eigenvalue weighted by atomic mass is 9.84. The standard InChI is InChI=1S/C28H33F4N5O5/c1-16(2)22(34-23(38)19-14-18(28(30,31)32)5-6-20(19)29)24(39)36-11-8-27(9-12-36)25(40)35(3)26(41)37(27)15-17-7-10-33-21(13-17)42-4/h5-7,10,13-14,16,22,25,40H,8-9,11-12,15H2,1-4H3,(H,34,38)/t22-,25?/m1/s1. The summed E-state index contributed by atoms with van der Waals surface area (Å²) in [5, 5.41) is 13.5. The van der Waals surface area contributed by atoms with Crippen molar-refractivity contribution in [2.24, 2.45) is 5.92 Å². The smallest absolute Gasteiger partial charge is 0.416 e. The Kier molecular flexibility index (Phi) is 8.67. The number of urea groups is 1. The lowest BCUT2D eigenvalue weighted by molar-refractivity contribution is -0.139. The van der Waals surface area contributed by atoms with Gasteiger partial charge < -0.3 is 25.0 Å². The van der Waals surface area contributed by atoms with Crippen molar-refractivity contribution in [2.75, 3.05) is 27.2 Å². The average molecular weight is 596 g/mol. The van der Waals surface area contributed by atoms with E-state index in [2.05, 4.69) is 10.3 Å². The average Bonchev–Trinajstić information content (AvgIpc) is 3.11. The highest BCUT2D eigenvalue weighted by molar-refractivity contribution is 5.98. The lowest BCUT2D eigenvalue weighted by Gasteiger charge is -2.46. The molecule has 3 heterocycles. The summed E-state index contributed by atoms with van der Waals surface area (Å²) in [7, 11) is 2.97. The number of carbonyl (C=O) groups is 3. The zero-order valence-electron chi connectivity index (χ0n) is 23.6.